The third kappa shape index (κ3) is 4.15. The molecule has 2 aromatic carbocycles. The van der Waals surface area contributed by atoms with E-state index >= 15 is 0 Å². The third-order valence-corrected chi connectivity index (χ3v) is 7.55. The second-order valence-corrected chi connectivity index (χ2v) is 10.1. The molecule has 0 aromatic heterocycles. The highest BCUT2D eigenvalue weighted by Crippen LogP contribution is 2.50. The number of hydrogen-bond acceptors (Lipinski definition) is 7. The van der Waals surface area contributed by atoms with E-state index in [2.05, 4.69) is 10.8 Å². The Hall–Kier alpha value is -2.40. The molecule has 0 atom stereocenters. The second-order valence-electron chi connectivity index (χ2n) is 8.80. The van der Waals surface area contributed by atoms with Crippen LogP contribution in [0.15, 0.2) is 35.2 Å². The summed E-state index contributed by atoms with van der Waals surface area (Å²) in [5.41, 5.74) is 3.07. The van der Waals surface area contributed by atoms with Gasteiger partial charge in [-0.3, -0.25) is 0 Å². The molecule has 8 heteroatoms. The number of nitrogens with one attached hydrogen (secondary N) is 1. The molecule has 5 rings (SSSR count). The summed E-state index contributed by atoms with van der Waals surface area (Å²) >= 11 is 7.70. The Morgan fingerprint density at radius 3 is 2.69 bits per heavy atom. The lowest BCUT2D eigenvalue weighted by Gasteiger charge is -2.52. The van der Waals surface area contributed by atoms with Gasteiger partial charge in [-0.2, -0.15) is 5.26 Å². The quantitative estimate of drug-likeness (QED) is 0.419. The Morgan fingerprint density at radius 1 is 1.28 bits per heavy atom. The number of carbonyl (C=O) groups is 1. The Kier molecular flexibility index (Phi) is 5.70. The van der Waals surface area contributed by atoms with Crippen molar-refractivity contribution in [2.75, 3.05) is 25.0 Å². The van der Waals surface area contributed by atoms with E-state index in [1.54, 1.807) is 12.1 Å². The standard InChI is InChI=1S/C24H23ClN2O4S/c1-29-23(28)15-4-5-18(14-2-3-14)22(7-15)32-27-20-6-16(11-26)19(25)8-21(20)31-17-9-24(10-17)12-30-13-24/h4-8,14,17,27H,2-3,9-10,12-13H2,1H3. The van der Waals surface area contributed by atoms with Crippen LogP contribution in [0.3, 0.4) is 0 Å². The van der Waals surface area contributed by atoms with Crippen LogP contribution >= 0.6 is 23.5 Å². The van der Waals surface area contributed by atoms with E-state index in [-0.39, 0.29) is 17.5 Å². The van der Waals surface area contributed by atoms with Gasteiger partial charge in [0.25, 0.3) is 0 Å². The van der Waals surface area contributed by atoms with Crippen molar-refractivity contribution in [1.82, 2.24) is 0 Å². The molecule has 3 aliphatic rings. The molecule has 1 N–H and O–H groups in total. The average Bonchev–Trinajstić information content (AvgIpc) is 3.58. The van der Waals surface area contributed by atoms with Crippen LogP contribution < -0.4 is 9.46 Å². The molecule has 3 fully saturated rings. The van der Waals surface area contributed by atoms with Crippen LogP contribution in [0.25, 0.3) is 0 Å². The number of rotatable bonds is 7. The topological polar surface area (TPSA) is 80.6 Å². The van der Waals surface area contributed by atoms with Crippen LogP contribution in [0.5, 0.6) is 5.75 Å². The highest BCUT2D eigenvalue weighted by Gasteiger charge is 2.51. The first kappa shape index (κ1) is 21.4. The molecule has 6 nitrogen and oxygen atoms in total. The highest BCUT2D eigenvalue weighted by atomic mass is 35.5. The number of methoxy groups -OCH3 is 1. The van der Waals surface area contributed by atoms with Gasteiger partial charge in [0.2, 0.25) is 0 Å². The maximum Gasteiger partial charge on any atom is 0.337 e. The van der Waals surface area contributed by atoms with Crippen molar-refractivity contribution in [3.8, 4) is 11.8 Å². The van der Waals surface area contributed by atoms with Gasteiger partial charge in [0, 0.05) is 16.4 Å². The first-order valence-corrected chi connectivity index (χ1v) is 11.8. The lowest BCUT2D eigenvalue weighted by atomic mass is 9.65. The molecular weight excluding hydrogens is 448 g/mol. The lowest BCUT2D eigenvalue weighted by molar-refractivity contribution is -0.191. The summed E-state index contributed by atoms with van der Waals surface area (Å²) in [4.78, 5) is 13.0. The summed E-state index contributed by atoms with van der Waals surface area (Å²) in [5, 5.41) is 9.81. The molecule has 2 saturated carbocycles. The van der Waals surface area contributed by atoms with Gasteiger partial charge in [-0.15, -0.1) is 0 Å². The molecule has 0 unspecified atom stereocenters. The van der Waals surface area contributed by atoms with E-state index in [9.17, 15) is 10.1 Å². The SMILES string of the molecule is COC(=O)c1ccc(C2CC2)c(SNc2cc(C#N)c(Cl)cc2OC2CC3(COC3)C2)c1. The van der Waals surface area contributed by atoms with Crippen molar-refractivity contribution >= 4 is 35.2 Å². The van der Waals surface area contributed by atoms with E-state index in [0.29, 0.717) is 33.5 Å². The minimum Gasteiger partial charge on any atom is -0.488 e. The lowest BCUT2D eigenvalue weighted by Crippen LogP contribution is -2.56. The number of benzene rings is 2. The Balaban J connectivity index is 1.37. The molecule has 0 radical (unpaired) electrons. The maximum atomic E-state index is 12.0. The Bertz CT molecular complexity index is 1100. The van der Waals surface area contributed by atoms with E-state index < -0.39 is 0 Å². The number of nitrogens with zero attached hydrogens (tertiary/aromatic N) is 1. The maximum absolute atomic E-state index is 12.0. The number of halogens is 1. The van der Waals surface area contributed by atoms with Crippen molar-refractivity contribution in [3.05, 3.63) is 52.0 Å². The fourth-order valence-electron chi connectivity index (χ4n) is 4.32. The molecule has 0 amide bonds. The average molecular weight is 471 g/mol. The zero-order valence-electron chi connectivity index (χ0n) is 17.7. The first-order chi connectivity index (χ1) is 15.5. The summed E-state index contributed by atoms with van der Waals surface area (Å²) in [6, 6.07) is 11.2. The number of carbonyl (C=O) groups excluding carboxylic acids is 1. The summed E-state index contributed by atoms with van der Waals surface area (Å²) in [6.45, 7) is 1.62. The molecule has 1 saturated heterocycles. The largest absolute Gasteiger partial charge is 0.488 e. The predicted octanol–water partition coefficient (Wildman–Crippen LogP) is 5.55. The normalized spacial score (nSPS) is 18.9. The van der Waals surface area contributed by atoms with Crippen LogP contribution in [-0.2, 0) is 9.47 Å². The van der Waals surface area contributed by atoms with Crippen LogP contribution in [0.2, 0.25) is 5.02 Å². The van der Waals surface area contributed by atoms with Crippen molar-refractivity contribution in [2.24, 2.45) is 5.41 Å². The van der Waals surface area contributed by atoms with Gasteiger partial charge in [0.1, 0.15) is 17.9 Å². The highest BCUT2D eigenvalue weighted by molar-refractivity contribution is 8.00. The predicted molar refractivity (Wildman–Crippen MR) is 122 cm³/mol. The molecule has 1 aliphatic heterocycles. The molecule has 166 valence electrons. The number of nitriles is 1. The summed E-state index contributed by atoms with van der Waals surface area (Å²) in [7, 11) is 1.38. The van der Waals surface area contributed by atoms with Gasteiger partial charge in [-0.25, -0.2) is 4.79 Å². The summed E-state index contributed by atoms with van der Waals surface area (Å²) in [5.74, 6) is 0.770. The van der Waals surface area contributed by atoms with E-state index in [0.717, 1.165) is 43.8 Å². The minimum atomic E-state index is -0.365. The van der Waals surface area contributed by atoms with Crippen LogP contribution in [0, 0.1) is 16.7 Å². The number of anilines is 1. The van der Waals surface area contributed by atoms with Gasteiger partial charge >= 0.3 is 5.97 Å². The van der Waals surface area contributed by atoms with Crippen molar-refractivity contribution in [3.63, 3.8) is 0 Å². The molecule has 1 heterocycles. The number of hydrogen-bond donors (Lipinski definition) is 1. The Morgan fingerprint density at radius 2 is 2.06 bits per heavy atom. The van der Waals surface area contributed by atoms with Gasteiger partial charge in [-0.1, -0.05) is 17.7 Å². The van der Waals surface area contributed by atoms with E-state index in [4.69, 9.17) is 25.8 Å². The van der Waals surface area contributed by atoms with E-state index in [1.165, 1.54) is 24.6 Å². The van der Waals surface area contributed by atoms with Gasteiger partial charge in [0.15, 0.2) is 0 Å². The van der Waals surface area contributed by atoms with Gasteiger partial charge in [0.05, 0.1) is 42.2 Å². The van der Waals surface area contributed by atoms with Crippen molar-refractivity contribution in [2.45, 2.75) is 42.6 Å². The zero-order valence-corrected chi connectivity index (χ0v) is 19.2. The van der Waals surface area contributed by atoms with Crippen molar-refractivity contribution < 1.29 is 19.0 Å². The molecule has 2 aromatic rings. The molecular formula is C24H23ClN2O4S. The van der Waals surface area contributed by atoms with Gasteiger partial charge in [-0.05, 0) is 67.3 Å². The zero-order chi connectivity index (χ0) is 22.3. The molecule has 1 spiro atoms. The van der Waals surface area contributed by atoms with Gasteiger partial charge < -0.3 is 18.9 Å². The molecule has 2 aliphatic carbocycles. The van der Waals surface area contributed by atoms with Crippen LogP contribution in [0.4, 0.5) is 5.69 Å². The fourth-order valence-corrected chi connectivity index (χ4v) is 5.44. The fraction of sp³-hybridized carbons (Fsp3) is 0.417. The smallest absolute Gasteiger partial charge is 0.337 e. The summed E-state index contributed by atoms with van der Waals surface area (Å²) < 4.78 is 19.8. The molecule has 32 heavy (non-hydrogen) atoms. The number of ether oxygens (including phenoxy) is 3. The second kappa shape index (κ2) is 8.51. The third-order valence-electron chi connectivity index (χ3n) is 6.34. The first-order valence-electron chi connectivity index (χ1n) is 10.6. The van der Waals surface area contributed by atoms with E-state index in [1.807, 2.05) is 18.2 Å². The van der Waals surface area contributed by atoms with Crippen molar-refractivity contribution in [1.29, 1.82) is 5.26 Å². The molecule has 0 bridgehead atoms. The monoisotopic (exact) mass is 470 g/mol. The van der Waals surface area contributed by atoms with Crippen LogP contribution in [-0.4, -0.2) is 32.4 Å². The summed E-state index contributed by atoms with van der Waals surface area (Å²) in [6.07, 6.45) is 4.32. The van der Waals surface area contributed by atoms with Crippen LogP contribution in [0.1, 0.15) is 53.1 Å². The Labute approximate surface area is 196 Å². The minimum absolute atomic E-state index is 0.109. The number of esters is 1.